The van der Waals surface area contributed by atoms with Crippen molar-refractivity contribution in [2.75, 3.05) is 6.54 Å². The molecule has 0 saturated heterocycles. The van der Waals surface area contributed by atoms with Crippen LogP contribution < -0.4 is 10.9 Å². The first-order chi connectivity index (χ1) is 9.04. The van der Waals surface area contributed by atoms with Crippen LogP contribution in [0.1, 0.15) is 57.5 Å². The van der Waals surface area contributed by atoms with Gasteiger partial charge in [-0.1, -0.05) is 20.8 Å². The van der Waals surface area contributed by atoms with Crippen molar-refractivity contribution in [3.05, 3.63) is 27.9 Å². The third kappa shape index (κ3) is 4.16. The Kier molecular flexibility index (Phi) is 4.75. The standard InChI is InChI=1S/C15H25N3O/c1-10(2)8-16-9-13-7-14(19)18-15(17-13)12-5-4-11(3)6-12/h7,10-12,16H,4-6,8-9H2,1-3H3,(H,17,18,19). The Labute approximate surface area is 115 Å². The van der Waals surface area contributed by atoms with Gasteiger partial charge in [-0.2, -0.15) is 0 Å². The molecule has 1 saturated carbocycles. The second kappa shape index (κ2) is 6.33. The number of nitrogens with one attached hydrogen (secondary N) is 2. The molecule has 2 N–H and O–H groups in total. The third-order valence-electron chi connectivity index (χ3n) is 3.75. The molecule has 1 heterocycles. The average Bonchev–Trinajstić information content (AvgIpc) is 2.75. The van der Waals surface area contributed by atoms with E-state index in [1.54, 1.807) is 6.07 Å². The van der Waals surface area contributed by atoms with Crippen molar-refractivity contribution >= 4 is 0 Å². The van der Waals surface area contributed by atoms with Crippen molar-refractivity contribution in [3.8, 4) is 0 Å². The van der Waals surface area contributed by atoms with Crippen LogP contribution in [0.2, 0.25) is 0 Å². The monoisotopic (exact) mass is 263 g/mol. The highest BCUT2D eigenvalue weighted by Crippen LogP contribution is 2.35. The quantitative estimate of drug-likeness (QED) is 0.857. The summed E-state index contributed by atoms with van der Waals surface area (Å²) in [4.78, 5) is 19.3. The van der Waals surface area contributed by atoms with E-state index in [0.717, 1.165) is 36.8 Å². The van der Waals surface area contributed by atoms with Gasteiger partial charge in [0.25, 0.3) is 5.56 Å². The fourth-order valence-electron chi connectivity index (χ4n) is 2.76. The van der Waals surface area contributed by atoms with Gasteiger partial charge in [0.2, 0.25) is 0 Å². The number of aromatic amines is 1. The van der Waals surface area contributed by atoms with Gasteiger partial charge in [-0.15, -0.1) is 0 Å². The normalized spacial score (nSPS) is 23.2. The molecule has 0 bridgehead atoms. The number of aromatic nitrogens is 2. The largest absolute Gasteiger partial charge is 0.311 e. The zero-order chi connectivity index (χ0) is 13.8. The second-order valence-corrected chi connectivity index (χ2v) is 6.26. The van der Waals surface area contributed by atoms with E-state index in [2.05, 4.69) is 36.1 Å². The fourth-order valence-corrected chi connectivity index (χ4v) is 2.76. The first-order valence-corrected chi connectivity index (χ1v) is 7.35. The maximum absolute atomic E-state index is 11.7. The van der Waals surface area contributed by atoms with Crippen LogP contribution in [-0.4, -0.2) is 16.5 Å². The van der Waals surface area contributed by atoms with Gasteiger partial charge in [-0.25, -0.2) is 4.98 Å². The van der Waals surface area contributed by atoms with Crippen LogP contribution in [0.15, 0.2) is 10.9 Å². The van der Waals surface area contributed by atoms with Gasteiger partial charge in [0.05, 0.1) is 5.69 Å². The van der Waals surface area contributed by atoms with Gasteiger partial charge >= 0.3 is 0 Å². The average molecular weight is 263 g/mol. The first kappa shape index (κ1) is 14.3. The van der Waals surface area contributed by atoms with Crippen molar-refractivity contribution in [1.29, 1.82) is 0 Å². The van der Waals surface area contributed by atoms with Crippen LogP contribution in [0.4, 0.5) is 0 Å². The lowest BCUT2D eigenvalue weighted by atomic mass is 10.1. The lowest BCUT2D eigenvalue weighted by Gasteiger charge is -2.11. The Hall–Kier alpha value is -1.16. The number of hydrogen-bond acceptors (Lipinski definition) is 3. The van der Waals surface area contributed by atoms with Crippen molar-refractivity contribution in [2.45, 2.75) is 52.5 Å². The van der Waals surface area contributed by atoms with E-state index in [0.29, 0.717) is 18.4 Å². The Morgan fingerprint density at radius 3 is 2.89 bits per heavy atom. The zero-order valence-corrected chi connectivity index (χ0v) is 12.2. The third-order valence-corrected chi connectivity index (χ3v) is 3.75. The van der Waals surface area contributed by atoms with Gasteiger partial charge in [0.15, 0.2) is 0 Å². The summed E-state index contributed by atoms with van der Waals surface area (Å²) in [6, 6.07) is 1.61. The molecule has 4 nitrogen and oxygen atoms in total. The minimum Gasteiger partial charge on any atom is -0.311 e. The predicted octanol–water partition coefficient (Wildman–Crippen LogP) is 2.42. The Morgan fingerprint density at radius 1 is 1.47 bits per heavy atom. The van der Waals surface area contributed by atoms with Gasteiger partial charge in [-0.3, -0.25) is 4.79 Å². The molecule has 1 aromatic heterocycles. The van der Waals surface area contributed by atoms with Gasteiger partial charge < -0.3 is 10.3 Å². The summed E-state index contributed by atoms with van der Waals surface area (Å²) in [7, 11) is 0. The molecule has 19 heavy (non-hydrogen) atoms. The van der Waals surface area contributed by atoms with E-state index in [9.17, 15) is 4.79 Å². The van der Waals surface area contributed by atoms with Gasteiger partial charge in [0, 0.05) is 18.5 Å². The second-order valence-electron chi connectivity index (χ2n) is 6.26. The van der Waals surface area contributed by atoms with Crippen LogP contribution in [-0.2, 0) is 6.54 Å². The summed E-state index contributed by atoms with van der Waals surface area (Å²) in [6.45, 7) is 8.24. The Morgan fingerprint density at radius 2 is 2.26 bits per heavy atom. The van der Waals surface area contributed by atoms with E-state index >= 15 is 0 Å². The number of rotatable bonds is 5. The predicted molar refractivity (Wildman–Crippen MR) is 77.2 cm³/mol. The summed E-state index contributed by atoms with van der Waals surface area (Å²) < 4.78 is 0. The zero-order valence-electron chi connectivity index (χ0n) is 12.2. The van der Waals surface area contributed by atoms with Gasteiger partial charge in [0.1, 0.15) is 5.82 Å². The SMILES string of the molecule is CC(C)CNCc1cc(=O)[nH]c(C2CCC(C)C2)n1. The summed E-state index contributed by atoms with van der Waals surface area (Å²) in [6.07, 6.45) is 3.53. The van der Waals surface area contributed by atoms with E-state index in [1.165, 1.54) is 6.42 Å². The van der Waals surface area contributed by atoms with Crippen LogP contribution in [0.5, 0.6) is 0 Å². The summed E-state index contributed by atoms with van der Waals surface area (Å²) >= 11 is 0. The summed E-state index contributed by atoms with van der Waals surface area (Å²) in [5.41, 5.74) is 0.838. The Bertz CT molecular complexity index is 467. The molecule has 2 rings (SSSR count). The number of H-pyrrole nitrogens is 1. The van der Waals surface area contributed by atoms with Crippen LogP contribution in [0.3, 0.4) is 0 Å². The van der Waals surface area contributed by atoms with Crippen molar-refractivity contribution in [2.24, 2.45) is 11.8 Å². The molecule has 0 radical (unpaired) electrons. The molecule has 1 fully saturated rings. The topological polar surface area (TPSA) is 57.8 Å². The molecule has 0 spiro atoms. The molecule has 0 aromatic carbocycles. The highest BCUT2D eigenvalue weighted by molar-refractivity contribution is 5.07. The van der Waals surface area contributed by atoms with Gasteiger partial charge in [-0.05, 0) is 37.6 Å². The summed E-state index contributed by atoms with van der Waals surface area (Å²) in [5, 5.41) is 3.34. The van der Waals surface area contributed by atoms with Crippen molar-refractivity contribution < 1.29 is 0 Å². The summed E-state index contributed by atoms with van der Waals surface area (Å²) in [5.74, 6) is 2.68. The van der Waals surface area contributed by atoms with Crippen LogP contribution in [0, 0.1) is 11.8 Å². The van der Waals surface area contributed by atoms with Crippen LogP contribution in [0.25, 0.3) is 0 Å². The Balaban J connectivity index is 2.04. The molecule has 2 atom stereocenters. The lowest BCUT2D eigenvalue weighted by molar-refractivity contribution is 0.542. The fraction of sp³-hybridized carbons (Fsp3) is 0.733. The highest BCUT2D eigenvalue weighted by Gasteiger charge is 2.24. The molecule has 106 valence electrons. The molecular formula is C15H25N3O. The number of hydrogen-bond donors (Lipinski definition) is 2. The lowest BCUT2D eigenvalue weighted by Crippen LogP contribution is -2.22. The minimum absolute atomic E-state index is 0.0223. The smallest absolute Gasteiger partial charge is 0.251 e. The van der Waals surface area contributed by atoms with Crippen LogP contribution >= 0.6 is 0 Å². The minimum atomic E-state index is -0.0223. The van der Waals surface area contributed by atoms with Crippen molar-refractivity contribution in [3.63, 3.8) is 0 Å². The molecular weight excluding hydrogens is 238 g/mol. The molecule has 0 amide bonds. The van der Waals surface area contributed by atoms with E-state index in [4.69, 9.17) is 0 Å². The van der Waals surface area contributed by atoms with Crippen molar-refractivity contribution in [1.82, 2.24) is 15.3 Å². The van der Waals surface area contributed by atoms with E-state index < -0.39 is 0 Å². The molecule has 1 aliphatic carbocycles. The highest BCUT2D eigenvalue weighted by atomic mass is 16.1. The molecule has 0 aliphatic heterocycles. The maximum Gasteiger partial charge on any atom is 0.251 e. The number of nitrogens with zero attached hydrogens (tertiary/aromatic N) is 1. The molecule has 1 aliphatic rings. The van der Waals surface area contributed by atoms with E-state index in [-0.39, 0.29) is 5.56 Å². The van der Waals surface area contributed by atoms with E-state index in [1.807, 2.05) is 0 Å². The maximum atomic E-state index is 11.7. The molecule has 4 heteroatoms. The first-order valence-electron chi connectivity index (χ1n) is 7.35. The molecule has 1 aromatic rings. The molecule has 2 unspecified atom stereocenters.